The van der Waals surface area contributed by atoms with E-state index in [4.69, 9.17) is 10.5 Å². The molecule has 1 heterocycles. The fraction of sp³-hybridized carbons (Fsp3) is 0.769. The largest absolute Gasteiger partial charge is 0.371 e. The number of ether oxygens (including phenoxy) is 1. The maximum atomic E-state index is 11.1. The Morgan fingerprint density at radius 1 is 1.41 bits per heavy atom. The second kappa shape index (κ2) is 8.24. The Morgan fingerprint density at radius 3 is 2.76 bits per heavy atom. The molecule has 17 heavy (non-hydrogen) atoms. The molecule has 4 heteroatoms. The molecule has 0 aromatic heterocycles. The van der Waals surface area contributed by atoms with Crippen molar-refractivity contribution in [2.45, 2.75) is 32.2 Å². The second-order valence-corrected chi connectivity index (χ2v) is 4.43. The van der Waals surface area contributed by atoms with Crippen LogP contribution < -0.4 is 5.73 Å². The average molecular weight is 238 g/mol. The topological polar surface area (TPSA) is 55.6 Å². The SMILES string of the molecule is CC#CC(=O)COCC(N)CN1CCCCC1. The highest BCUT2D eigenvalue weighted by molar-refractivity contribution is 5.96. The van der Waals surface area contributed by atoms with Gasteiger partial charge in [0, 0.05) is 12.6 Å². The monoisotopic (exact) mass is 238 g/mol. The van der Waals surface area contributed by atoms with Gasteiger partial charge < -0.3 is 15.4 Å². The number of Topliss-reactive ketones (excluding diaryl/α,β-unsaturated/α-hetero) is 1. The average Bonchev–Trinajstić information content (AvgIpc) is 2.30. The molecule has 0 aromatic carbocycles. The van der Waals surface area contributed by atoms with Gasteiger partial charge in [-0.3, -0.25) is 4.79 Å². The van der Waals surface area contributed by atoms with Gasteiger partial charge in [-0.05, 0) is 38.8 Å². The van der Waals surface area contributed by atoms with Crippen molar-refractivity contribution < 1.29 is 9.53 Å². The van der Waals surface area contributed by atoms with E-state index < -0.39 is 0 Å². The summed E-state index contributed by atoms with van der Waals surface area (Å²) in [5.41, 5.74) is 5.95. The van der Waals surface area contributed by atoms with Gasteiger partial charge in [-0.25, -0.2) is 0 Å². The molecule has 0 radical (unpaired) electrons. The minimum Gasteiger partial charge on any atom is -0.371 e. The van der Waals surface area contributed by atoms with Crippen LogP contribution in [0.1, 0.15) is 26.2 Å². The quantitative estimate of drug-likeness (QED) is 0.538. The van der Waals surface area contributed by atoms with Crippen LogP contribution in [0.2, 0.25) is 0 Å². The first-order chi connectivity index (χ1) is 8.22. The van der Waals surface area contributed by atoms with Gasteiger partial charge in [0.05, 0.1) is 6.61 Å². The predicted molar refractivity (Wildman–Crippen MR) is 67.5 cm³/mol. The van der Waals surface area contributed by atoms with Crippen molar-refractivity contribution in [2.24, 2.45) is 5.73 Å². The highest BCUT2D eigenvalue weighted by Crippen LogP contribution is 2.08. The number of rotatable bonds is 6. The van der Waals surface area contributed by atoms with Gasteiger partial charge in [-0.2, -0.15) is 0 Å². The van der Waals surface area contributed by atoms with Gasteiger partial charge >= 0.3 is 0 Å². The lowest BCUT2D eigenvalue weighted by molar-refractivity contribution is -0.118. The molecule has 1 atom stereocenters. The van der Waals surface area contributed by atoms with Crippen molar-refractivity contribution in [3.8, 4) is 11.8 Å². The molecule has 1 unspecified atom stereocenters. The Kier molecular flexibility index (Phi) is 6.87. The Bertz CT molecular complexity index is 288. The van der Waals surface area contributed by atoms with Gasteiger partial charge in [0.15, 0.2) is 0 Å². The van der Waals surface area contributed by atoms with E-state index in [1.807, 2.05) is 0 Å². The van der Waals surface area contributed by atoms with Crippen LogP contribution in [0, 0.1) is 11.8 Å². The summed E-state index contributed by atoms with van der Waals surface area (Å²) in [6.07, 6.45) is 3.85. The van der Waals surface area contributed by atoms with E-state index in [1.54, 1.807) is 6.92 Å². The maximum absolute atomic E-state index is 11.1. The normalized spacial score (nSPS) is 18.2. The van der Waals surface area contributed by atoms with Crippen LogP contribution in [-0.2, 0) is 9.53 Å². The van der Waals surface area contributed by atoms with E-state index in [0.717, 1.165) is 19.6 Å². The second-order valence-electron chi connectivity index (χ2n) is 4.43. The molecule has 0 amide bonds. The third-order valence-corrected chi connectivity index (χ3v) is 2.77. The Hall–Kier alpha value is -0.890. The molecular weight excluding hydrogens is 216 g/mol. The van der Waals surface area contributed by atoms with Crippen LogP contribution in [0.3, 0.4) is 0 Å². The van der Waals surface area contributed by atoms with Crippen molar-refractivity contribution in [1.29, 1.82) is 0 Å². The summed E-state index contributed by atoms with van der Waals surface area (Å²) >= 11 is 0. The van der Waals surface area contributed by atoms with E-state index in [-0.39, 0.29) is 18.4 Å². The molecule has 0 saturated carbocycles. The van der Waals surface area contributed by atoms with E-state index in [9.17, 15) is 4.79 Å². The highest BCUT2D eigenvalue weighted by Gasteiger charge is 2.13. The highest BCUT2D eigenvalue weighted by atomic mass is 16.5. The third-order valence-electron chi connectivity index (χ3n) is 2.77. The molecule has 0 aromatic rings. The van der Waals surface area contributed by atoms with Crippen molar-refractivity contribution in [2.75, 3.05) is 32.8 Å². The summed E-state index contributed by atoms with van der Waals surface area (Å²) in [5, 5.41) is 0. The first-order valence-electron chi connectivity index (χ1n) is 6.23. The number of hydrogen-bond donors (Lipinski definition) is 1. The van der Waals surface area contributed by atoms with Gasteiger partial charge in [0.25, 0.3) is 0 Å². The first-order valence-corrected chi connectivity index (χ1v) is 6.23. The zero-order chi connectivity index (χ0) is 12.5. The number of hydrogen-bond acceptors (Lipinski definition) is 4. The molecule has 1 aliphatic heterocycles. The molecule has 0 spiro atoms. The number of nitrogens with zero attached hydrogens (tertiary/aromatic N) is 1. The molecule has 0 bridgehead atoms. The first kappa shape index (κ1) is 14.2. The number of carbonyl (C=O) groups is 1. The van der Waals surface area contributed by atoms with Gasteiger partial charge in [-0.1, -0.05) is 12.3 Å². The summed E-state index contributed by atoms with van der Waals surface area (Å²) < 4.78 is 5.25. The van der Waals surface area contributed by atoms with Crippen LogP contribution in [0.15, 0.2) is 0 Å². The number of piperidine rings is 1. The summed E-state index contributed by atoms with van der Waals surface area (Å²) in [7, 11) is 0. The minimum absolute atomic E-state index is 0.0181. The molecule has 1 saturated heterocycles. The molecule has 2 N–H and O–H groups in total. The Labute approximate surface area is 103 Å². The van der Waals surface area contributed by atoms with Crippen LogP contribution in [0.4, 0.5) is 0 Å². The summed E-state index contributed by atoms with van der Waals surface area (Å²) in [4.78, 5) is 13.4. The zero-order valence-electron chi connectivity index (χ0n) is 10.6. The summed E-state index contributed by atoms with van der Waals surface area (Å²) in [5.74, 6) is 4.81. The van der Waals surface area contributed by atoms with Crippen LogP contribution in [-0.4, -0.2) is 49.6 Å². The fourth-order valence-corrected chi connectivity index (χ4v) is 2.00. The van der Waals surface area contributed by atoms with Crippen molar-refractivity contribution >= 4 is 5.78 Å². The Balaban J connectivity index is 2.09. The zero-order valence-corrected chi connectivity index (χ0v) is 10.6. The molecule has 4 nitrogen and oxygen atoms in total. The van der Waals surface area contributed by atoms with Crippen LogP contribution in [0.5, 0.6) is 0 Å². The van der Waals surface area contributed by atoms with Gasteiger partial charge in [0.2, 0.25) is 5.78 Å². The van der Waals surface area contributed by atoms with E-state index in [0.29, 0.717) is 6.61 Å². The maximum Gasteiger partial charge on any atom is 0.231 e. The molecule has 0 aliphatic carbocycles. The van der Waals surface area contributed by atoms with E-state index >= 15 is 0 Å². The van der Waals surface area contributed by atoms with Crippen LogP contribution in [0.25, 0.3) is 0 Å². The van der Waals surface area contributed by atoms with Gasteiger partial charge in [0.1, 0.15) is 6.61 Å². The number of nitrogens with two attached hydrogens (primary N) is 1. The fourth-order valence-electron chi connectivity index (χ4n) is 2.00. The van der Waals surface area contributed by atoms with E-state index in [2.05, 4.69) is 16.7 Å². The molecule has 96 valence electrons. The number of carbonyl (C=O) groups excluding carboxylic acids is 1. The van der Waals surface area contributed by atoms with Crippen LogP contribution >= 0.6 is 0 Å². The Morgan fingerprint density at radius 2 is 2.12 bits per heavy atom. The lowest BCUT2D eigenvalue weighted by Crippen LogP contribution is -2.42. The number of likely N-dealkylation sites (tertiary alicyclic amines) is 1. The lowest BCUT2D eigenvalue weighted by atomic mass is 10.1. The standard InChI is InChI=1S/C13H22N2O2/c1-2-6-13(16)11-17-10-12(14)9-15-7-4-3-5-8-15/h12H,3-5,7-11,14H2,1H3. The van der Waals surface area contributed by atoms with E-state index in [1.165, 1.54) is 19.3 Å². The molecular formula is C13H22N2O2. The molecule has 1 fully saturated rings. The predicted octanol–water partition coefficient (Wildman–Crippen LogP) is 0.409. The van der Waals surface area contributed by atoms with Crippen molar-refractivity contribution in [1.82, 2.24) is 4.90 Å². The molecule has 1 rings (SSSR count). The molecule has 1 aliphatic rings. The van der Waals surface area contributed by atoms with Crippen molar-refractivity contribution in [3.05, 3.63) is 0 Å². The smallest absolute Gasteiger partial charge is 0.231 e. The third kappa shape index (κ3) is 6.42. The summed E-state index contributed by atoms with van der Waals surface area (Å²) in [6.45, 7) is 5.23. The van der Waals surface area contributed by atoms with Gasteiger partial charge in [-0.15, -0.1) is 0 Å². The minimum atomic E-state index is -0.183. The number of ketones is 1. The lowest BCUT2D eigenvalue weighted by Gasteiger charge is -2.28. The van der Waals surface area contributed by atoms with Crippen molar-refractivity contribution in [3.63, 3.8) is 0 Å². The summed E-state index contributed by atoms with van der Waals surface area (Å²) in [6, 6.07) is -0.0181.